The van der Waals surface area contributed by atoms with E-state index < -0.39 is 0 Å². The summed E-state index contributed by atoms with van der Waals surface area (Å²) in [6.45, 7) is 3.79. The number of aliphatic hydroxyl groups excluding tert-OH is 1. The molecule has 0 bridgehead atoms. The van der Waals surface area contributed by atoms with Crippen molar-refractivity contribution in [2.45, 2.75) is 38.9 Å². The van der Waals surface area contributed by atoms with Crippen LogP contribution in [-0.4, -0.2) is 26.7 Å². The number of nitrogens with one attached hydrogen (secondary N) is 1. The number of aromatic nitrogens is 3. The molecule has 2 aromatic rings. The Morgan fingerprint density at radius 3 is 3.11 bits per heavy atom. The van der Waals surface area contributed by atoms with E-state index in [1.165, 1.54) is 4.88 Å². The number of rotatable bonds is 8. The smallest absolute Gasteiger partial charge is 0.0965 e. The van der Waals surface area contributed by atoms with Gasteiger partial charge in [-0.25, -0.2) is 0 Å². The van der Waals surface area contributed by atoms with E-state index >= 15 is 0 Å². The van der Waals surface area contributed by atoms with E-state index in [-0.39, 0.29) is 6.61 Å². The first-order chi connectivity index (χ1) is 9.33. The van der Waals surface area contributed by atoms with Gasteiger partial charge in [0.1, 0.15) is 0 Å². The lowest BCUT2D eigenvalue weighted by Crippen LogP contribution is -2.19. The van der Waals surface area contributed by atoms with Crippen LogP contribution in [0.3, 0.4) is 0 Å². The summed E-state index contributed by atoms with van der Waals surface area (Å²) in [7, 11) is 0. The first-order valence-electron chi connectivity index (χ1n) is 6.60. The molecule has 0 aromatic carbocycles. The minimum atomic E-state index is 0.184. The molecule has 2 N–H and O–H groups in total. The van der Waals surface area contributed by atoms with Gasteiger partial charge < -0.3 is 10.4 Å². The third-order valence-corrected chi connectivity index (χ3v) is 3.94. The lowest BCUT2D eigenvalue weighted by Gasteiger charge is -2.13. The number of aryl methyl sites for hydroxylation is 1. The van der Waals surface area contributed by atoms with Gasteiger partial charge in [-0.15, -0.1) is 16.4 Å². The normalized spacial score (nSPS) is 12.7. The van der Waals surface area contributed by atoms with Crippen LogP contribution in [0, 0.1) is 0 Å². The van der Waals surface area contributed by atoms with Crippen LogP contribution in [0.25, 0.3) is 0 Å². The van der Waals surface area contributed by atoms with Crippen molar-refractivity contribution >= 4 is 11.3 Å². The number of thiophene rings is 1. The Kier molecular flexibility index (Phi) is 5.50. The van der Waals surface area contributed by atoms with E-state index in [4.69, 9.17) is 5.11 Å². The van der Waals surface area contributed by atoms with E-state index in [1.807, 2.05) is 6.20 Å². The number of aliphatic hydroxyl groups is 1. The zero-order valence-corrected chi connectivity index (χ0v) is 11.9. The maximum absolute atomic E-state index is 8.78. The SMILES string of the molecule is CCC(NCc1cn(CCCO)nn1)c1cccs1. The second-order valence-corrected chi connectivity index (χ2v) is 5.39. The Hall–Kier alpha value is -1.24. The van der Waals surface area contributed by atoms with Crippen molar-refractivity contribution in [3.8, 4) is 0 Å². The second kappa shape index (κ2) is 7.37. The molecule has 0 aliphatic rings. The standard InChI is InChI=1S/C13H20N4OS/c1-2-12(13-5-3-8-19-13)14-9-11-10-17(16-15-11)6-4-7-18/h3,5,8,10,12,14,18H,2,4,6-7,9H2,1H3. The fourth-order valence-corrected chi connectivity index (χ4v) is 2.81. The largest absolute Gasteiger partial charge is 0.396 e. The van der Waals surface area contributed by atoms with Gasteiger partial charge in [0.15, 0.2) is 0 Å². The van der Waals surface area contributed by atoms with Crippen LogP contribution in [0.4, 0.5) is 0 Å². The topological polar surface area (TPSA) is 63.0 Å². The molecule has 2 aromatic heterocycles. The molecule has 0 aliphatic carbocycles. The molecule has 0 saturated carbocycles. The van der Waals surface area contributed by atoms with E-state index in [0.717, 1.165) is 18.7 Å². The summed E-state index contributed by atoms with van der Waals surface area (Å²) in [5.74, 6) is 0. The molecule has 2 rings (SSSR count). The molecule has 0 aliphatic heterocycles. The fourth-order valence-electron chi connectivity index (χ4n) is 1.92. The average Bonchev–Trinajstić information content (AvgIpc) is 3.08. The molecule has 0 radical (unpaired) electrons. The first-order valence-corrected chi connectivity index (χ1v) is 7.48. The van der Waals surface area contributed by atoms with Crippen LogP contribution in [0.5, 0.6) is 0 Å². The van der Waals surface area contributed by atoms with Crippen molar-refractivity contribution in [1.29, 1.82) is 0 Å². The van der Waals surface area contributed by atoms with Crippen molar-refractivity contribution in [3.05, 3.63) is 34.3 Å². The van der Waals surface area contributed by atoms with Crippen LogP contribution in [-0.2, 0) is 13.1 Å². The minimum Gasteiger partial charge on any atom is -0.396 e. The molecule has 1 atom stereocenters. The van der Waals surface area contributed by atoms with Gasteiger partial charge in [-0.05, 0) is 24.3 Å². The Balaban J connectivity index is 1.85. The van der Waals surface area contributed by atoms with E-state index in [2.05, 4.69) is 40.1 Å². The molecule has 0 saturated heterocycles. The highest BCUT2D eigenvalue weighted by molar-refractivity contribution is 7.10. The molecule has 5 nitrogen and oxygen atoms in total. The number of hydrogen-bond donors (Lipinski definition) is 2. The van der Waals surface area contributed by atoms with Gasteiger partial charge >= 0.3 is 0 Å². The molecular weight excluding hydrogens is 260 g/mol. The highest BCUT2D eigenvalue weighted by Crippen LogP contribution is 2.21. The van der Waals surface area contributed by atoms with Crippen LogP contribution in [0.15, 0.2) is 23.7 Å². The lowest BCUT2D eigenvalue weighted by molar-refractivity contribution is 0.276. The molecule has 0 spiro atoms. The van der Waals surface area contributed by atoms with Crippen molar-refractivity contribution in [3.63, 3.8) is 0 Å². The molecule has 6 heteroatoms. The fraction of sp³-hybridized carbons (Fsp3) is 0.538. The van der Waals surface area contributed by atoms with Crippen molar-refractivity contribution in [2.75, 3.05) is 6.61 Å². The van der Waals surface area contributed by atoms with Gasteiger partial charge in [0, 0.05) is 36.8 Å². The zero-order valence-electron chi connectivity index (χ0n) is 11.1. The summed E-state index contributed by atoms with van der Waals surface area (Å²) < 4.78 is 1.78. The monoisotopic (exact) mass is 280 g/mol. The zero-order chi connectivity index (χ0) is 13.5. The van der Waals surface area contributed by atoms with E-state index in [0.29, 0.717) is 19.0 Å². The van der Waals surface area contributed by atoms with Crippen LogP contribution < -0.4 is 5.32 Å². The molecule has 1 unspecified atom stereocenters. The Bertz CT molecular complexity index is 469. The van der Waals surface area contributed by atoms with Gasteiger partial charge in [-0.3, -0.25) is 4.68 Å². The van der Waals surface area contributed by atoms with Crippen molar-refractivity contribution < 1.29 is 5.11 Å². The van der Waals surface area contributed by atoms with Gasteiger partial charge in [-0.2, -0.15) is 0 Å². The number of hydrogen-bond acceptors (Lipinski definition) is 5. The Morgan fingerprint density at radius 1 is 1.53 bits per heavy atom. The first kappa shape index (κ1) is 14.2. The van der Waals surface area contributed by atoms with Gasteiger partial charge in [0.25, 0.3) is 0 Å². The molecule has 104 valence electrons. The predicted octanol–water partition coefficient (Wildman–Crippen LogP) is 1.96. The predicted molar refractivity (Wildman–Crippen MR) is 75.9 cm³/mol. The van der Waals surface area contributed by atoms with Crippen LogP contribution in [0.2, 0.25) is 0 Å². The van der Waals surface area contributed by atoms with Gasteiger partial charge in [0.2, 0.25) is 0 Å². The minimum absolute atomic E-state index is 0.184. The third-order valence-electron chi connectivity index (χ3n) is 2.96. The van der Waals surface area contributed by atoms with Gasteiger partial charge in [0.05, 0.1) is 5.69 Å². The quantitative estimate of drug-likeness (QED) is 0.776. The summed E-state index contributed by atoms with van der Waals surface area (Å²) in [6, 6.07) is 4.61. The maximum Gasteiger partial charge on any atom is 0.0965 e. The summed E-state index contributed by atoms with van der Waals surface area (Å²) in [5.41, 5.74) is 0.938. The molecule has 0 amide bonds. The average molecular weight is 280 g/mol. The van der Waals surface area contributed by atoms with E-state index in [9.17, 15) is 0 Å². The molecule has 0 fully saturated rings. The molecule has 2 heterocycles. The molecular formula is C13H20N4OS. The summed E-state index contributed by atoms with van der Waals surface area (Å²) >= 11 is 1.78. The summed E-state index contributed by atoms with van der Waals surface area (Å²) in [5, 5.41) is 22.5. The van der Waals surface area contributed by atoms with Crippen LogP contribution >= 0.6 is 11.3 Å². The summed E-state index contributed by atoms with van der Waals surface area (Å²) in [4.78, 5) is 1.36. The maximum atomic E-state index is 8.78. The van der Waals surface area contributed by atoms with Crippen molar-refractivity contribution in [1.82, 2.24) is 20.3 Å². The lowest BCUT2D eigenvalue weighted by atomic mass is 10.2. The highest BCUT2D eigenvalue weighted by Gasteiger charge is 2.10. The Labute approximate surface area is 117 Å². The van der Waals surface area contributed by atoms with Crippen LogP contribution in [0.1, 0.15) is 36.4 Å². The third kappa shape index (κ3) is 4.12. The summed E-state index contributed by atoms with van der Waals surface area (Å²) in [6.07, 6.45) is 3.70. The second-order valence-electron chi connectivity index (χ2n) is 4.41. The Morgan fingerprint density at radius 2 is 2.42 bits per heavy atom. The number of nitrogens with zero attached hydrogens (tertiary/aromatic N) is 3. The highest BCUT2D eigenvalue weighted by atomic mass is 32.1. The molecule has 19 heavy (non-hydrogen) atoms. The van der Waals surface area contributed by atoms with Crippen molar-refractivity contribution in [2.24, 2.45) is 0 Å². The van der Waals surface area contributed by atoms with Gasteiger partial charge in [-0.1, -0.05) is 18.2 Å². The van der Waals surface area contributed by atoms with E-state index in [1.54, 1.807) is 16.0 Å².